The van der Waals surface area contributed by atoms with Gasteiger partial charge in [0.05, 0.1) is 16.6 Å². The summed E-state index contributed by atoms with van der Waals surface area (Å²) in [5.41, 5.74) is 8.20. The van der Waals surface area contributed by atoms with E-state index in [1.807, 2.05) is 48.5 Å². The van der Waals surface area contributed by atoms with Gasteiger partial charge in [-0.05, 0) is 53.1 Å². The Morgan fingerprint density at radius 2 is 1.59 bits per heavy atom. The van der Waals surface area contributed by atoms with Crippen LogP contribution in [-0.2, 0) is 12.7 Å². The molecule has 0 aliphatic rings. The van der Waals surface area contributed by atoms with E-state index in [0.29, 0.717) is 28.0 Å². The van der Waals surface area contributed by atoms with Crippen molar-refractivity contribution in [1.82, 2.24) is 4.57 Å². The first-order valence-electron chi connectivity index (χ1n) is 10.5. The number of nitrogens with two attached hydrogens (primary N) is 1. The highest BCUT2D eigenvalue weighted by molar-refractivity contribution is 6.18. The maximum absolute atomic E-state index is 14.1. The second kappa shape index (κ2) is 8.02. The van der Waals surface area contributed by atoms with Gasteiger partial charge in [0.1, 0.15) is 5.82 Å². The number of primary amides is 1. The maximum Gasteiger partial charge on any atom is 0.416 e. The number of carbonyl (C=O) groups excluding carboxylic acids is 1. The van der Waals surface area contributed by atoms with Crippen molar-refractivity contribution >= 4 is 27.7 Å². The molecule has 0 saturated heterocycles. The van der Waals surface area contributed by atoms with Gasteiger partial charge >= 0.3 is 6.18 Å². The molecule has 170 valence electrons. The molecule has 5 aromatic rings. The van der Waals surface area contributed by atoms with Gasteiger partial charge < -0.3 is 10.3 Å². The van der Waals surface area contributed by atoms with E-state index >= 15 is 0 Å². The first kappa shape index (κ1) is 21.7. The number of amides is 1. The molecule has 5 rings (SSSR count). The topological polar surface area (TPSA) is 48.0 Å². The second-order valence-corrected chi connectivity index (χ2v) is 8.09. The second-order valence-electron chi connectivity index (χ2n) is 8.09. The van der Waals surface area contributed by atoms with E-state index in [2.05, 4.69) is 0 Å². The Labute approximate surface area is 192 Å². The highest BCUT2D eigenvalue weighted by Crippen LogP contribution is 2.36. The summed E-state index contributed by atoms with van der Waals surface area (Å²) in [6, 6.07) is 22.9. The Hall–Kier alpha value is -4.13. The molecule has 0 aliphatic carbocycles. The Morgan fingerprint density at radius 3 is 2.29 bits per heavy atom. The molecule has 0 radical (unpaired) electrons. The average Bonchev–Trinajstić information content (AvgIpc) is 3.11. The average molecular weight is 462 g/mol. The minimum absolute atomic E-state index is 0.0265. The van der Waals surface area contributed by atoms with Crippen LogP contribution in [0.15, 0.2) is 84.9 Å². The van der Waals surface area contributed by atoms with Crippen molar-refractivity contribution in [1.29, 1.82) is 0 Å². The molecule has 4 aromatic carbocycles. The van der Waals surface area contributed by atoms with Gasteiger partial charge in [0.15, 0.2) is 0 Å². The van der Waals surface area contributed by atoms with Crippen LogP contribution < -0.4 is 5.73 Å². The number of alkyl halides is 3. The molecule has 34 heavy (non-hydrogen) atoms. The van der Waals surface area contributed by atoms with Crippen molar-refractivity contribution in [3.8, 4) is 11.1 Å². The molecular formula is C27H18F4N2O. The quantitative estimate of drug-likeness (QED) is 0.295. The van der Waals surface area contributed by atoms with Crippen LogP contribution in [0.4, 0.5) is 17.6 Å². The van der Waals surface area contributed by atoms with E-state index in [0.717, 1.165) is 28.6 Å². The van der Waals surface area contributed by atoms with Crippen LogP contribution in [-0.4, -0.2) is 10.5 Å². The zero-order chi connectivity index (χ0) is 24.0. The van der Waals surface area contributed by atoms with Crippen LogP contribution in [0.25, 0.3) is 32.9 Å². The number of rotatable bonds is 4. The molecule has 0 unspecified atom stereocenters. The fourth-order valence-electron chi connectivity index (χ4n) is 4.42. The van der Waals surface area contributed by atoms with Crippen LogP contribution in [0.5, 0.6) is 0 Å². The summed E-state index contributed by atoms with van der Waals surface area (Å²) in [4.78, 5) is 12.2. The van der Waals surface area contributed by atoms with Crippen LogP contribution in [0.3, 0.4) is 0 Å². The largest absolute Gasteiger partial charge is 0.416 e. The minimum Gasteiger partial charge on any atom is -0.366 e. The van der Waals surface area contributed by atoms with Gasteiger partial charge in [-0.2, -0.15) is 13.2 Å². The summed E-state index contributed by atoms with van der Waals surface area (Å²) in [6.07, 6.45) is -4.67. The van der Waals surface area contributed by atoms with Crippen LogP contribution in [0, 0.1) is 5.82 Å². The third-order valence-corrected chi connectivity index (χ3v) is 5.89. The van der Waals surface area contributed by atoms with Gasteiger partial charge in [0, 0.05) is 22.9 Å². The summed E-state index contributed by atoms with van der Waals surface area (Å²) in [5.74, 6) is -1.57. The first-order valence-corrected chi connectivity index (χ1v) is 10.5. The van der Waals surface area contributed by atoms with Crippen LogP contribution in [0.1, 0.15) is 21.5 Å². The predicted octanol–water partition coefficient (Wildman–Crippen LogP) is 6.77. The van der Waals surface area contributed by atoms with Gasteiger partial charge in [-0.15, -0.1) is 0 Å². The lowest BCUT2D eigenvalue weighted by Gasteiger charge is -2.12. The van der Waals surface area contributed by atoms with Crippen molar-refractivity contribution in [3.05, 3.63) is 107 Å². The maximum atomic E-state index is 14.1. The predicted molar refractivity (Wildman–Crippen MR) is 124 cm³/mol. The lowest BCUT2D eigenvalue weighted by Crippen LogP contribution is -2.11. The van der Waals surface area contributed by atoms with E-state index in [4.69, 9.17) is 5.73 Å². The van der Waals surface area contributed by atoms with Crippen molar-refractivity contribution in [2.45, 2.75) is 12.7 Å². The highest BCUT2D eigenvalue weighted by atomic mass is 19.4. The Bertz CT molecular complexity index is 1550. The lowest BCUT2D eigenvalue weighted by atomic mass is 10.0. The molecule has 2 N–H and O–H groups in total. The number of halogens is 4. The van der Waals surface area contributed by atoms with E-state index < -0.39 is 23.5 Å². The SMILES string of the molecule is NC(=O)c1cccc2c1c1ccc(-c3ccccc3)cc1n2Cc1cc(F)cc(C(F)(F)F)c1. The highest BCUT2D eigenvalue weighted by Gasteiger charge is 2.31. The summed E-state index contributed by atoms with van der Waals surface area (Å²) in [5, 5.41) is 1.34. The van der Waals surface area contributed by atoms with Crippen molar-refractivity contribution in [2.24, 2.45) is 5.73 Å². The van der Waals surface area contributed by atoms with E-state index in [9.17, 15) is 22.4 Å². The van der Waals surface area contributed by atoms with Crippen molar-refractivity contribution in [2.75, 3.05) is 0 Å². The number of hydrogen-bond donors (Lipinski definition) is 1. The fourth-order valence-corrected chi connectivity index (χ4v) is 4.42. The van der Waals surface area contributed by atoms with E-state index in [1.165, 1.54) is 0 Å². The molecule has 0 saturated carbocycles. The molecule has 0 spiro atoms. The van der Waals surface area contributed by atoms with E-state index in [1.54, 1.807) is 22.8 Å². The monoisotopic (exact) mass is 462 g/mol. The number of aromatic nitrogens is 1. The Balaban J connectivity index is 1.78. The summed E-state index contributed by atoms with van der Waals surface area (Å²) >= 11 is 0. The zero-order valence-corrected chi connectivity index (χ0v) is 17.7. The minimum atomic E-state index is -4.67. The van der Waals surface area contributed by atoms with E-state index in [-0.39, 0.29) is 12.1 Å². The molecular weight excluding hydrogens is 444 g/mol. The number of hydrogen-bond acceptors (Lipinski definition) is 1. The molecule has 1 amide bonds. The number of fused-ring (bicyclic) bond motifs is 3. The normalized spacial score (nSPS) is 11.9. The third kappa shape index (κ3) is 3.79. The summed E-state index contributed by atoms with van der Waals surface area (Å²) in [6.45, 7) is -0.0265. The molecule has 0 aliphatic heterocycles. The smallest absolute Gasteiger partial charge is 0.366 e. The lowest BCUT2D eigenvalue weighted by molar-refractivity contribution is -0.137. The summed E-state index contributed by atoms with van der Waals surface area (Å²) in [7, 11) is 0. The van der Waals surface area contributed by atoms with Crippen LogP contribution in [0.2, 0.25) is 0 Å². The van der Waals surface area contributed by atoms with Gasteiger partial charge in [-0.3, -0.25) is 4.79 Å². The van der Waals surface area contributed by atoms with Crippen LogP contribution >= 0.6 is 0 Å². The van der Waals surface area contributed by atoms with Crippen molar-refractivity contribution < 1.29 is 22.4 Å². The standard InChI is InChI=1S/C27H18F4N2O/c28-20-12-16(11-19(14-20)27(29,30)31)15-33-23-8-4-7-22(26(32)34)25(23)21-10-9-18(13-24(21)33)17-5-2-1-3-6-17/h1-14H,15H2,(H2,32,34). The molecule has 0 bridgehead atoms. The molecule has 0 fully saturated rings. The molecule has 7 heteroatoms. The first-order chi connectivity index (χ1) is 16.2. The molecule has 1 aromatic heterocycles. The number of nitrogens with zero attached hydrogens (tertiary/aromatic N) is 1. The van der Waals surface area contributed by atoms with Gasteiger partial charge in [0.25, 0.3) is 0 Å². The van der Waals surface area contributed by atoms with Gasteiger partial charge in [0.2, 0.25) is 5.91 Å². The Kier molecular flexibility index (Phi) is 5.12. The third-order valence-electron chi connectivity index (χ3n) is 5.89. The Morgan fingerprint density at radius 1 is 0.824 bits per heavy atom. The number of benzene rings is 4. The molecule has 0 atom stereocenters. The fraction of sp³-hybridized carbons (Fsp3) is 0.0741. The zero-order valence-electron chi connectivity index (χ0n) is 17.7. The number of carbonyl (C=O) groups is 1. The van der Waals surface area contributed by atoms with Gasteiger partial charge in [-0.25, -0.2) is 4.39 Å². The molecule has 1 heterocycles. The summed E-state index contributed by atoms with van der Waals surface area (Å²) < 4.78 is 55.8. The van der Waals surface area contributed by atoms with Gasteiger partial charge in [-0.1, -0.05) is 48.5 Å². The van der Waals surface area contributed by atoms with Crippen molar-refractivity contribution in [3.63, 3.8) is 0 Å². The molecule has 3 nitrogen and oxygen atoms in total.